The molecule has 0 radical (unpaired) electrons. The molecule has 0 aromatic carbocycles. The number of aromatic nitrogens is 4. The molecule has 0 saturated heterocycles. The number of hydrogen-bond acceptors (Lipinski definition) is 5. The third-order valence-electron chi connectivity index (χ3n) is 2.09. The molecule has 2 heterocycles. The molecule has 0 fully saturated rings. The van der Waals surface area contributed by atoms with E-state index in [2.05, 4.69) is 15.3 Å². The van der Waals surface area contributed by atoms with E-state index < -0.39 is 17.8 Å². The molecule has 0 bridgehead atoms. The van der Waals surface area contributed by atoms with E-state index >= 15 is 0 Å². The Labute approximate surface area is 114 Å². The van der Waals surface area contributed by atoms with Crippen LogP contribution in [0.15, 0.2) is 29.4 Å². The van der Waals surface area contributed by atoms with E-state index in [1.165, 1.54) is 18.3 Å². The van der Waals surface area contributed by atoms with Gasteiger partial charge in [0.1, 0.15) is 5.03 Å². The zero-order chi connectivity index (χ0) is 14.8. The van der Waals surface area contributed by atoms with Crippen molar-refractivity contribution >= 4 is 17.7 Å². The van der Waals surface area contributed by atoms with E-state index in [-0.39, 0.29) is 16.6 Å². The number of thioether (sulfide) groups is 1. The highest BCUT2D eigenvalue weighted by Crippen LogP contribution is 2.32. The van der Waals surface area contributed by atoms with Gasteiger partial charge in [0, 0.05) is 12.3 Å². The molecule has 2 aromatic rings. The molecule has 0 saturated carbocycles. The van der Waals surface area contributed by atoms with Gasteiger partial charge in [-0.15, -0.1) is 5.10 Å². The van der Waals surface area contributed by atoms with E-state index in [4.69, 9.17) is 5.11 Å². The number of halogens is 3. The minimum absolute atomic E-state index is 0.0280. The zero-order valence-electron chi connectivity index (χ0n) is 9.70. The smallest absolute Gasteiger partial charge is 0.435 e. The van der Waals surface area contributed by atoms with E-state index in [9.17, 15) is 18.0 Å². The van der Waals surface area contributed by atoms with Crippen LogP contribution in [0, 0.1) is 0 Å². The third kappa shape index (κ3) is 3.26. The van der Waals surface area contributed by atoms with Gasteiger partial charge in [-0.25, -0.2) is 4.68 Å². The van der Waals surface area contributed by atoms with Crippen molar-refractivity contribution < 1.29 is 23.1 Å². The van der Waals surface area contributed by atoms with Gasteiger partial charge in [-0.3, -0.25) is 4.79 Å². The largest absolute Gasteiger partial charge is 0.481 e. The van der Waals surface area contributed by atoms with Crippen LogP contribution in [0.3, 0.4) is 0 Å². The molecule has 1 N–H and O–H groups in total. The predicted octanol–water partition coefficient (Wildman–Crippen LogP) is 1.86. The van der Waals surface area contributed by atoms with Crippen molar-refractivity contribution in [1.29, 1.82) is 0 Å². The van der Waals surface area contributed by atoms with Crippen molar-refractivity contribution in [3.05, 3.63) is 30.1 Å². The van der Waals surface area contributed by atoms with Gasteiger partial charge >= 0.3 is 12.1 Å². The van der Waals surface area contributed by atoms with Crippen molar-refractivity contribution in [3.8, 4) is 5.82 Å². The molecule has 0 amide bonds. The molecule has 10 heteroatoms. The Kier molecular flexibility index (Phi) is 3.93. The summed E-state index contributed by atoms with van der Waals surface area (Å²) in [7, 11) is 0. The summed E-state index contributed by atoms with van der Waals surface area (Å²) in [6.07, 6.45) is -3.26. The molecule has 106 valence electrons. The molecule has 0 aliphatic carbocycles. The van der Waals surface area contributed by atoms with Gasteiger partial charge in [0.25, 0.3) is 0 Å². The second-order valence-electron chi connectivity index (χ2n) is 3.54. The fourth-order valence-corrected chi connectivity index (χ4v) is 2.03. The normalized spacial score (nSPS) is 11.6. The number of rotatable bonds is 4. The summed E-state index contributed by atoms with van der Waals surface area (Å²) < 4.78 is 38.9. The van der Waals surface area contributed by atoms with Crippen LogP contribution in [0.4, 0.5) is 13.2 Å². The topological polar surface area (TPSA) is 80.9 Å². The maximum absolute atomic E-state index is 12.7. The van der Waals surface area contributed by atoms with E-state index in [1.807, 2.05) is 0 Å². The fourth-order valence-electron chi connectivity index (χ4n) is 1.31. The van der Waals surface area contributed by atoms with Crippen LogP contribution in [0.1, 0.15) is 5.69 Å². The first kappa shape index (κ1) is 14.3. The van der Waals surface area contributed by atoms with E-state index in [0.717, 1.165) is 22.5 Å². The number of carboxylic acid groups (broad SMARTS) is 1. The van der Waals surface area contributed by atoms with Crippen molar-refractivity contribution in [2.75, 3.05) is 5.75 Å². The summed E-state index contributed by atoms with van der Waals surface area (Å²) in [5, 5.41) is 19.2. The van der Waals surface area contributed by atoms with Crippen LogP contribution in [-0.2, 0) is 11.0 Å². The second kappa shape index (κ2) is 5.49. The van der Waals surface area contributed by atoms with Crippen molar-refractivity contribution in [2.45, 2.75) is 11.2 Å². The Balaban J connectivity index is 2.42. The molecule has 0 aliphatic heterocycles. The van der Waals surface area contributed by atoms with Gasteiger partial charge in [-0.2, -0.15) is 23.4 Å². The molecular formula is C10H7F3N4O2S. The molecule has 0 aliphatic rings. The molecule has 0 spiro atoms. The van der Waals surface area contributed by atoms with Crippen LogP contribution in [0.5, 0.6) is 0 Å². The Morgan fingerprint density at radius 1 is 1.45 bits per heavy atom. The Hall–Kier alpha value is -2.10. The number of alkyl halides is 3. The van der Waals surface area contributed by atoms with Gasteiger partial charge in [-0.1, -0.05) is 11.8 Å². The number of aliphatic carboxylic acids is 1. The Bertz CT molecular complexity index is 615. The Morgan fingerprint density at radius 2 is 2.20 bits per heavy atom. The maximum atomic E-state index is 12.7. The summed E-state index contributed by atoms with van der Waals surface area (Å²) >= 11 is 0.720. The minimum Gasteiger partial charge on any atom is -0.481 e. The highest BCUT2D eigenvalue weighted by atomic mass is 32.2. The Morgan fingerprint density at radius 3 is 2.75 bits per heavy atom. The molecule has 0 unspecified atom stereocenters. The first-order chi connectivity index (χ1) is 9.38. The zero-order valence-corrected chi connectivity index (χ0v) is 10.5. The standard InChI is InChI=1S/C10H7F3N4O2S/c11-10(12,13)6-4-8(20-5-9(18)19)17(16-6)7-2-1-3-14-15-7/h1-4H,5H2,(H,18,19). The predicted molar refractivity (Wildman–Crippen MR) is 62.5 cm³/mol. The number of nitrogens with zero attached hydrogens (tertiary/aromatic N) is 4. The van der Waals surface area contributed by atoms with Crippen LogP contribution in [0.25, 0.3) is 5.82 Å². The highest BCUT2D eigenvalue weighted by Gasteiger charge is 2.35. The molecule has 20 heavy (non-hydrogen) atoms. The van der Waals surface area contributed by atoms with E-state index in [1.54, 1.807) is 0 Å². The lowest BCUT2D eigenvalue weighted by atomic mass is 10.4. The summed E-state index contributed by atoms with van der Waals surface area (Å²) in [4.78, 5) is 10.5. The summed E-state index contributed by atoms with van der Waals surface area (Å²) in [6, 6.07) is 3.69. The van der Waals surface area contributed by atoms with E-state index in [0.29, 0.717) is 0 Å². The lowest BCUT2D eigenvalue weighted by molar-refractivity contribution is -0.141. The van der Waals surface area contributed by atoms with Crippen LogP contribution in [0.2, 0.25) is 0 Å². The van der Waals surface area contributed by atoms with Gasteiger partial charge in [0.05, 0.1) is 5.75 Å². The average molecular weight is 304 g/mol. The monoisotopic (exact) mass is 304 g/mol. The van der Waals surface area contributed by atoms with Gasteiger partial charge in [0.2, 0.25) is 0 Å². The molecule has 2 rings (SSSR count). The van der Waals surface area contributed by atoms with Crippen molar-refractivity contribution in [1.82, 2.24) is 20.0 Å². The molecule has 6 nitrogen and oxygen atoms in total. The van der Waals surface area contributed by atoms with Gasteiger partial charge in [0.15, 0.2) is 11.5 Å². The van der Waals surface area contributed by atoms with Crippen molar-refractivity contribution in [3.63, 3.8) is 0 Å². The minimum atomic E-state index is -4.62. The average Bonchev–Trinajstić information content (AvgIpc) is 2.81. The second-order valence-corrected chi connectivity index (χ2v) is 4.54. The summed E-state index contributed by atoms with van der Waals surface area (Å²) in [6.45, 7) is 0. The first-order valence-electron chi connectivity index (χ1n) is 5.18. The van der Waals surface area contributed by atoms with Gasteiger partial charge in [-0.05, 0) is 12.1 Å². The number of hydrogen-bond donors (Lipinski definition) is 1. The fraction of sp³-hybridized carbons (Fsp3) is 0.200. The van der Waals surface area contributed by atoms with Crippen LogP contribution in [-0.4, -0.2) is 36.8 Å². The SMILES string of the molecule is O=C(O)CSc1cc(C(F)(F)F)nn1-c1cccnn1. The van der Waals surface area contributed by atoms with Crippen LogP contribution >= 0.6 is 11.8 Å². The van der Waals surface area contributed by atoms with Crippen molar-refractivity contribution in [2.24, 2.45) is 0 Å². The summed E-state index contributed by atoms with van der Waals surface area (Å²) in [5.41, 5.74) is -1.11. The first-order valence-corrected chi connectivity index (χ1v) is 6.16. The highest BCUT2D eigenvalue weighted by molar-refractivity contribution is 7.99. The van der Waals surface area contributed by atoms with Gasteiger partial charge < -0.3 is 5.11 Å². The third-order valence-corrected chi connectivity index (χ3v) is 3.06. The lowest BCUT2D eigenvalue weighted by Crippen LogP contribution is -2.08. The number of carboxylic acids is 1. The quantitative estimate of drug-likeness (QED) is 0.868. The summed E-state index contributed by atoms with van der Waals surface area (Å²) in [5.74, 6) is -1.45. The number of carbonyl (C=O) groups is 1. The lowest BCUT2D eigenvalue weighted by Gasteiger charge is -2.03. The maximum Gasteiger partial charge on any atom is 0.435 e. The molecular weight excluding hydrogens is 297 g/mol. The molecule has 2 aromatic heterocycles. The molecule has 0 atom stereocenters. The van der Waals surface area contributed by atoms with Crippen LogP contribution < -0.4 is 0 Å².